The Balaban J connectivity index is 2.82. The van der Waals surface area contributed by atoms with Gasteiger partial charge in [-0.1, -0.05) is 23.2 Å². The van der Waals surface area contributed by atoms with Gasteiger partial charge in [0.2, 0.25) is 0 Å². The molecule has 13 heavy (non-hydrogen) atoms. The maximum absolute atomic E-state index is 11.3. The van der Waals surface area contributed by atoms with E-state index < -0.39 is 5.97 Å². The topological polar surface area (TPSA) is 26.3 Å². The Kier molecular flexibility index (Phi) is 3.59. The van der Waals surface area contributed by atoms with Gasteiger partial charge in [0.25, 0.3) is 0 Å². The maximum Gasteiger partial charge on any atom is 0.340 e. The van der Waals surface area contributed by atoms with E-state index in [-0.39, 0.29) is 6.10 Å². The molecule has 5 heteroatoms. The van der Waals surface area contributed by atoms with Gasteiger partial charge in [-0.25, -0.2) is 4.79 Å². The van der Waals surface area contributed by atoms with Crippen molar-refractivity contribution in [1.82, 2.24) is 0 Å². The van der Waals surface area contributed by atoms with Crippen LogP contribution in [-0.4, -0.2) is 12.1 Å². The van der Waals surface area contributed by atoms with E-state index in [1.54, 1.807) is 13.8 Å². The summed E-state index contributed by atoms with van der Waals surface area (Å²) in [6.45, 7) is 3.56. The molecule has 0 aliphatic rings. The number of rotatable bonds is 2. The fourth-order valence-electron chi connectivity index (χ4n) is 0.757. The Morgan fingerprint density at radius 3 is 2.54 bits per heavy atom. The molecule has 1 heterocycles. The van der Waals surface area contributed by atoms with Crippen LogP contribution >= 0.6 is 34.5 Å². The third-order valence-corrected chi connectivity index (χ3v) is 2.71. The standard InChI is InChI=1S/C8H8Cl2O2S/c1-4(2)12-8(11)5-3-6(9)13-7(5)10/h3-4H,1-2H3. The molecule has 1 rings (SSSR count). The van der Waals surface area contributed by atoms with Gasteiger partial charge < -0.3 is 4.74 Å². The highest BCUT2D eigenvalue weighted by Gasteiger charge is 2.16. The van der Waals surface area contributed by atoms with Gasteiger partial charge in [-0.2, -0.15) is 0 Å². The van der Waals surface area contributed by atoms with Crippen molar-refractivity contribution in [3.63, 3.8) is 0 Å². The average Bonchev–Trinajstić information content (AvgIpc) is 2.28. The lowest BCUT2D eigenvalue weighted by Gasteiger charge is -2.06. The molecular weight excluding hydrogens is 231 g/mol. The zero-order valence-electron chi connectivity index (χ0n) is 7.14. The van der Waals surface area contributed by atoms with Crippen LogP contribution in [0.2, 0.25) is 8.67 Å². The average molecular weight is 239 g/mol. The number of halogens is 2. The van der Waals surface area contributed by atoms with Crippen molar-refractivity contribution in [2.45, 2.75) is 20.0 Å². The zero-order valence-corrected chi connectivity index (χ0v) is 9.46. The van der Waals surface area contributed by atoms with E-state index in [9.17, 15) is 4.79 Å². The fraction of sp³-hybridized carbons (Fsp3) is 0.375. The van der Waals surface area contributed by atoms with E-state index in [4.69, 9.17) is 27.9 Å². The second-order valence-electron chi connectivity index (χ2n) is 2.69. The molecule has 0 aromatic carbocycles. The second-order valence-corrected chi connectivity index (χ2v) is 4.98. The number of hydrogen-bond acceptors (Lipinski definition) is 3. The Labute approximate surface area is 90.4 Å². The number of thiophene rings is 1. The largest absolute Gasteiger partial charge is 0.459 e. The van der Waals surface area contributed by atoms with Crippen molar-refractivity contribution in [3.05, 3.63) is 20.3 Å². The van der Waals surface area contributed by atoms with Gasteiger partial charge in [0.05, 0.1) is 16.0 Å². The highest BCUT2D eigenvalue weighted by atomic mass is 35.5. The molecule has 0 bridgehead atoms. The molecule has 72 valence electrons. The normalized spacial score (nSPS) is 10.5. The Hall–Kier alpha value is -0.250. The Morgan fingerprint density at radius 2 is 2.15 bits per heavy atom. The summed E-state index contributed by atoms with van der Waals surface area (Å²) in [5, 5.41) is 0. The number of carbonyl (C=O) groups excluding carboxylic acids is 1. The van der Waals surface area contributed by atoms with Crippen molar-refractivity contribution in [2.75, 3.05) is 0 Å². The second kappa shape index (κ2) is 4.31. The molecule has 0 saturated carbocycles. The third-order valence-electron chi connectivity index (χ3n) is 1.22. The fourth-order valence-corrected chi connectivity index (χ4v) is 2.20. The van der Waals surface area contributed by atoms with Gasteiger partial charge in [-0.15, -0.1) is 11.3 Å². The molecule has 2 nitrogen and oxygen atoms in total. The van der Waals surface area contributed by atoms with Crippen LogP contribution in [0.25, 0.3) is 0 Å². The lowest BCUT2D eigenvalue weighted by molar-refractivity contribution is 0.0379. The lowest BCUT2D eigenvalue weighted by atomic mass is 10.3. The molecule has 0 radical (unpaired) electrons. The summed E-state index contributed by atoms with van der Waals surface area (Å²) in [6.07, 6.45) is -0.151. The van der Waals surface area contributed by atoms with E-state index in [2.05, 4.69) is 0 Å². The number of carbonyl (C=O) groups is 1. The summed E-state index contributed by atoms with van der Waals surface area (Å²) in [5.41, 5.74) is 0.338. The highest BCUT2D eigenvalue weighted by Crippen LogP contribution is 2.31. The predicted molar refractivity (Wildman–Crippen MR) is 54.9 cm³/mol. The smallest absolute Gasteiger partial charge is 0.340 e. The van der Waals surface area contributed by atoms with Crippen molar-refractivity contribution in [2.24, 2.45) is 0 Å². The molecule has 0 spiro atoms. The van der Waals surface area contributed by atoms with Crippen molar-refractivity contribution >= 4 is 40.5 Å². The van der Waals surface area contributed by atoms with Crippen LogP contribution in [0.5, 0.6) is 0 Å². The van der Waals surface area contributed by atoms with Gasteiger partial charge in [0, 0.05) is 0 Å². The minimum atomic E-state index is -0.428. The van der Waals surface area contributed by atoms with Crippen molar-refractivity contribution in [3.8, 4) is 0 Å². The first-order valence-electron chi connectivity index (χ1n) is 3.66. The first kappa shape index (κ1) is 10.8. The van der Waals surface area contributed by atoms with Crippen LogP contribution in [0.4, 0.5) is 0 Å². The molecular formula is C8H8Cl2O2S. The van der Waals surface area contributed by atoms with Crippen LogP contribution in [0, 0.1) is 0 Å². The summed E-state index contributed by atoms with van der Waals surface area (Å²) in [5.74, 6) is -0.428. The van der Waals surface area contributed by atoms with E-state index in [1.165, 1.54) is 6.07 Å². The number of ether oxygens (including phenoxy) is 1. The molecule has 1 aromatic rings. The minimum absolute atomic E-state index is 0.151. The van der Waals surface area contributed by atoms with Crippen LogP contribution in [0.3, 0.4) is 0 Å². The van der Waals surface area contributed by atoms with E-state index in [0.29, 0.717) is 14.2 Å². The molecule has 0 aliphatic heterocycles. The highest BCUT2D eigenvalue weighted by molar-refractivity contribution is 7.20. The molecule has 0 fully saturated rings. The molecule has 0 saturated heterocycles. The first-order chi connectivity index (χ1) is 6.00. The quantitative estimate of drug-likeness (QED) is 0.736. The van der Waals surface area contributed by atoms with Crippen LogP contribution < -0.4 is 0 Å². The molecule has 0 N–H and O–H groups in total. The summed E-state index contributed by atoms with van der Waals surface area (Å²) >= 11 is 12.6. The van der Waals surface area contributed by atoms with Gasteiger partial charge in [-0.3, -0.25) is 0 Å². The van der Waals surface area contributed by atoms with E-state index in [0.717, 1.165) is 11.3 Å². The Bertz CT molecular complexity index is 320. The molecule has 0 atom stereocenters. The van der Waals surface area contributed by atoms with E-state index >= 15 is 0 Å². The maximum atomic E-state index is 11.3. The van der Waals surface area contributed by atoms with Crippen LogP contribution in [0.1, 0.15) is 24.2 Å². The van der Waals surface area contributed by atoms with Crippen molar-refractivity contribution < 1.29 is 9.53 Å². The Morgan fingerprint density at radius 1 is 1.54 bits per heavy atom. The zero-order chi connectivity index (χ0) is 10.0. The molecule has 0 amide bonds. The van der Waals surface area contributed by atoms with E-state index in [1.807, 2.05) is 0 Å². The van der Waals surface area contributed by atoms with Crippen LogP contribution in [-0.2, 0) is 4.74 Å². The summed E-state index contributed by atoms with van der Waals surface area (Å²) < 4.78 is 5.81. The SMILES string of the molecule is CC(C)OC(=O)c1cc(Cl)sc1Cl. The van der Waals surface area contributed by atoms with Crippen LogP contribution in [0.15, 0.2) is 6.07 Å². The lowest BCUT2D eigenvalue weighted by Crippen LogP contribution is -2.10. The summed E-state index contributed by atoms with van der Waals surface area (Å²) in [7, 11) is 0. The summed E-state index contributed by atoms with van der Waals surface area (Å²) in [4.78, 5) is 11.3. The van der Waals surface area contributed by atoms with Gasteiger partial charge in [0.1, 0.15) is 4.34 Å². The van der Waals surface area contributed by atoms with Gasteiger partial charge >= 0.3 is 5.97 Å². The van der Waals surface area contributed by atoms with Crippen molar-refractivity contribution in [1.29, 1.82) is 0 Å². The summed E-state index contributed by atoms with van der Waals surface area (Å²) in [6, 6.07) is 1.51. The van der Waals surface area contributed by atoms with Gasteiger partial charge in [0.15, 0.2) is 0 Å². The molecule has 0 unspecified atom stereocenters. The molecule has 0 aliphatic carbocycles. The number of hydrogen-bond donors (Lipinski definition) is 0. The number of esters is 1. The minimum Gasteiger partial charge on any atom is -0.459 e. The molecule has 1 aromatic heterocycles. The van der Waals surface area contributed by atoms with Gasteiger partial charge in [-0.05, 0) is 19.9 Å². The first-order valence-corrected chi connectivity index (χ1v) is 5.23. The predicted octanol–water partition coefficient (Wildman–Crippen LogP) is 3.62. The monoisotopic (exact) mass is 238 g/mol. The third kappa shape index (κ3) is 2.86.